The van der Waals surface area contributed by atoms with E-state index in [-0.39, 0.29) is 5.82 Å². The molecule has 0 aliphatic carbocycles. The lowest BCUT2D eigenvalue weighted by Gasteiger charge is -2.20. The Morgan fingerprint density at radius 3 is 2.67 bits per heavy atom. The first-order valence-corrected chi connectivity index (χ1v) is 5.98. The molecule has 2 aromatic rings. The summed E-state index contributed by atoms with van der Waals surface area (Å²) in [6.07, 6.45) is 1.64. The zero-order chi connectivity index (χ0) is 13.0. The molecule has 3 nitrogen and oxygen atoms in total. The van der Waals surface area contributed by atoms with Crippen molar-refractivity contribution in [3.8, 4) is 0 Å². The van der Waals surface area contributed by atoms with Crippen LogP contribution >= 0.6 is 0 Å². The van der Waals surface area contributed by atoms with Gasteiger partial charge in [-0.3, -0.25) is 4.90 Å². The largest absolute Gasteiger partial charge is 0.468 e. The molecule has 1 heterocycles. The summed E-state index contributed by atoms with van der Waals surface area (Å²) in [5, 5.41) is 0. The van der Waals surface area contributed by atoms with Crippen molar-refractivity contribution in [3.05, 3.63) is 53.7 Å². The maximum Gasteiger partial charge on any atom is 0.129 e. The van der Waals surface area contributed by atoms with Crippen molar-refractivity contribution in [1.82, 2.24) is 4.90 Å². The van der Waals surface area contributed by atoms with Crippen LogP contribution in [0.25, 0.3) is 0 Å². The molecule has 1 aromatic carbocycles. The molecule has 0 spiro atoms. The lowest BCUT2D eigenvalue weighted by molar-refractivity contribution is 0.245. The van der Waals surface area contributed by atoms with Gasteiger partial charge in [0.1, 0.15) is 11.6 Å². The first-order chi connectivity index (χ1) is 8.70. The van der Waals surface area contributed by atoms with Crippen LogP contribution in [-0.4, -0.2) is 11.4 Å². The highest BCUT2D eigenvalue weighted by molar-refractivity contribution is 5.47. The van der Waals surface area contributed by atoms with Crippen LogP contribution in [0.15, 0.2) is 41.0 Å². The third-order valence-electron chi connectivity index (χ3n) is 2.94. The molecule has 0 bridgehead atoms. The van der Waals surface area contributed by atoms with Crippen molar-refractivity contribution in [1.29, 1.82) is 0 Å². The van der Waals surface area contributed by atoms with Crippen LogP contribution in [0.3, 0.4) is 0 Å². The number of hydrogen-bond donors (Lipinski definition) is 1. The lowest BCUT2D eigenvalue weighted by Crippen LogP contribution is -2.23. The standard InChI is InChI=1S/C14H17FN2O/c1-2-17(9-11-5-4-8-18-11)10-12-13(15)6-3-7-14(12)16/h3-8H,2,9-10,16H2,1H3. The molecule has 0 aliphatic heterocycles. The highest BCUT2D eigenvalue weighted by Crippen LogP contribution is 2.19. The van der Waals surface area contributed by atoms with Gasteiger partial charge in [-0.15, -0.1) is 0 Å². The molecular formula is C14H17FN2O. The van der Waals surface area contributed by atoms with E-state index in [1.807, 2.05) is 19.1 Å². The van der Waals surface area contributed by atoms with Crippen LogP contribution in [0.2, 0.25) is 0 Å². The number of furan rings is 1. The highest BCUT2D eigenvalue weighted by atomic mass is 19.1. The molecule has 0 saturated heterocycles. The van der Waals surface area contributed by atoms with Gasteiger partial charge < -0.3 is 10.2 Å². The molecule has 96 valence electrons. The fourth-order valence-electron chi connectivity index (χ4n) is 1.87. The van der Waals surface area contributed by atoms with E-state index in [1.165, 1.54) is 6.07 Å². The van der Waals surface area contributed by atoms with Gasteiger partial charge in [-0.2, -0.15) is 0 Å². The van der Waals surface area contributed by atoms with Gasteiger partial charge in [-0.1, -0.05) is 13.0 Å². The van der Waals surface area contributed by atoms with Crippen LogP contribution in [0, 0.1) is 5.82 Å². The normalized spacial score (nSPS) is 11.1. The van der Waals surface area contributed by atoms with Crippen LogP contribution in [0.1, 0.15) is 18.2 Å². The third-order valence-corrected chi connectivity index (χ3v) is 2.94. The Morgan fingerprint density at radius 2 is 2.06 bits per heavy atom. The minimum atomic E-state index is -0.257. The SMILES string of the molecule is CCN(Cc1ccco1)Cc1c(N)cccc1F. The van der Waals surface area contributed by atoms with E-state index < -0.39 is 0 Å². The van der Waals surface area contributed by atoms with Crippen LogP contribution in [-0.2, 0) is 13.1 Å². The van der Waals surface area contributed by atoms with Crippen molar-refractivity contribution in [2.45, 2.75) is 20.0 Å². The zero-order valence-electron chi connectivity index (χ0n) is 10.4. The van der Waals surface area contributed by atoms with E-state index in [9.17, 15) is 4.39 Å². The molecule has 0 amide bonds. The Bertz CT molecular complexity index is 476. The fourth-order valence-corrected chi connectivity index (χ4v) is 1.87. The molecule has 0 fully saturated rings. The molecule has 0 aliphatic rings. The summed E-state index contributed by atoms with van der Waals surface area (Å²) in [6, 6.07) is 8.54. The molecule has 0 atom stereocenters. The molecule has 18 heavy (non-hydrogen) atoms. The van der Waals surface area contributed by atoms with E-state index >= 15 is 0 Å². The molecule has 0 saturated carbocycles. The van der Waals surface area contributed by atoms with E-state index in [0.717, 1.165) is 12.3 Å². The lowest BCUT2D eigenvalue weighted by atomic mass is 10.1. The maximum atomic E-state index is 13.7. The minimum absolute atomic E-state index is 0.257. The molecule has 2 N–H and O–H groups in total. The topological polar surface area (TPSA) is 42.4 Å². The first-order valence-electron chi connectivity index (χ1n) is 5.98. The Kier molecular flexibility index (Phi) is 3.99. The molecule has 0 radical (unpaired) electrons. The number of nitrogens with two attached hydrogens (primary N) is 1. The number of hydrogen-bond acceptors (Lipinski definition) is 3. The number of rotatable bonds is 5. The van der Waals surface area contributed by atoms with Crippen molar-refractivity contribution in [3.63, 3.8) is 0 Å². The van der Waals surface area contributed by atoms with E-state index in [4.69, 9.17) is 10.2 Å². The monoisotopic (exact) mass is 248 g/mol. The van der Waals surface area contributed by atoms with E-state index in [1.54, 1.807) is 18.4 Å². The minimum Gasteiger partial charge on any atom is -0.468 e. The summed E-state index contributed by atoms with van der Waals surface area (Å²) in [7, 11) is 0. The van der Waals surface area contributed by atoms with Crippen LogP contribution in [0.5, 0.6) is 0 Å². The smallest absolute Gasteiger partial charge is 0.129 e. The fraction of sp³-hybridized carbons (Fsp3) is 0.286. The second-order valence-electron chi connectivity index (χ2n) is 4.19. The average Bonchev–Trinajstić information content (AvgIpc) is 2.85. The third kappa shape index (κ3) is 2.90. The summed E-state index contributed by atoms with van der Waals surface area (Å²) in [5.41, 5.74) is 6.85. The predicted molar refractivity (Wildman–Crippen MR) is 69.3 cm³/mol. The Labute approximate surface area is 106 Å². The summed E-state index contributed by atoms with van der Waals surface area (Å²) in [6.45, 7) is 3.96. The Morgan fingerprint density at radius 1 is 1.22 bits per heavy atom. The molecule has 1 aromatic heterocycles. The van der Waals surface area contributed by atoms with Gasteiger partial charge in [0.2, 0.25) is 0 Å². The quantitative estimate of drug-likeness (QED) is 0.827. The number of nitrogen functional groups attached to an aromatic ring is 1. The Balaban J connectivity index is 2.10. The molecule has 4 heteroatoms. The summed E-state index contributed by atoms with van der Waals surface area (Å²) in [4.78, 5) is 2.08. The number of halogens is 1. The van der Waals surface area contributed by atoms with Gasteiger partial charge in [0, 0.05) is 17.8 Å². The van der Waals surface area contributed by atoms with Crippen LogP contribution in [0.4, 0.5) is 10.1 Å². The van der Waals surface area contributed by atoms with Gasteiger partial charge in [-0.05, 0) is 30.8 Å². The van der Waals surface area contributed by atoms with Gasteiger partial charge in [0.25, 0.3) is 0 Å². The molecule has 0 unspecified atom stereocenters. The predicted octanol–water partition coefficient (Wildman–Crippen LogP) is 3.02. The second-order valence-corrected chi connectivity index (χ2v) is 4.19. The maximum absolute atomic E-state index is 13.7. The summed E-state index contributed by atoms with van der Waals surface area (Å²) in [5.74, 6) is 0.611. The highest BCUT2D eigenvalue weighted by Gasteiger charge is 2.12. The van der Waals surface area contributed by atoms with Crippen molar-refractivity contribution < 1.29 is 8.81 Å². The van der Waals surface area contributed by atoms with Crippen molar-refractivity contribution in [2.24, 2.45) is 0 Å². The number of benzene rings is 1. The van der Waals surface area contributed by atoms with Gasteiger partial charge in [0.05, 0.1) is 12.8 Å². The van der Waals surface area contributed by atoms with E-state index in [0.29, 0.717) is 24.3 Å². The van der Waals surface area contributed by atoms with E-state index in [2.05, 4.69) is 4.90 Å². The van der Waals surface area contributed by atoms with Gasteiger partial charge in [0.15, 0.2) is 0 Å². The molecule has 2 rings (SSSR count). The second kappa shape index (κ2) is 5.69. The zero-order valence-corrected chi connectivity index (χ0v) is 10.4. The van der Waals surface area contributed by atoms with Gasteiger partial charge >= 0.3 is 0 Å². The molecular weight excluding hydrogens is 231 g/mol. The Hall–Kier alpha value is -1.81. The first kappa shape index (κ1) is 12.6. The number of nitrogens with zero attached hydrogens (tertiary/aromatic N) is 1. The van der Waals surface area contributed by atoms with Crippen LogP contribution < -0.4 is 5.73 Å². The van der Waals surface area contributed by atoms with Crippen molar-refractivity contribution >= 4 is 5.69 Å². The van der Waals surface area contributed by atoms with Crippen molar-refractivity contribution in [2.75, 3.05) is 12.3 Å². The number of anilines is 1. The average molecular weight is 248 g/mol. The summed E-state index contributed by atoms with van der Waals surface area (Å²) >= 11 is 0. The summed E-state index contributed by atoms with van der Waals surface area (Å²) < 4.78 is 19.0. The van der Waals surface area contributed by atoms with Gasteiger partial charge in [-0.25, -0.2) is 4.39 Å².